The first-order valence-corrected chi connectivity index (χ1v) is 10.8. The second kappa shape index (κ2) is 8.22. The van der Waals surface area contributed by atoms with E-state index in [1.54, 1.807) is 24.3 Å². The number of hydrogen-bond donors (Lipinski definition) is 3. The summed E-state index contributed by atoms with van der Waals surface area (Å²) in [6.07, 6.45) is 1.97. The lowest BCUT2D eigenvalue weighted by Crippen LogP contribution is -2.45. The van der Waals surface area contributed by atoms with E-state index in [9.17, 15) is 18.4 Å². The molecule has 7 heteroatoms. The SMILES string of the molecule is O=C(N[C@@H]1CCNC1=O)C1CC(c2cc(-c3ccc(F)cc3)[nH]c2-c2ccc(F)cc2)C1. The number of aromatic nitrogens is 1. The van der Waals surface area contributed by atoms with Crippen LogP contribution in [0.4, 0.5) is 8.78 Å². The van der Waals surface area contributed by atoms with E-state index in [1.807, 2.05) is 6.07 Å². The van der Waals surface area contributed by atoms with Crippen molar-refractivity contribution in [2.45, 2.75) is 31.2 Å². The van der Waals surface area contributed by atoms with Crippen LogP contribution in [0.1, 0.15) is 30.7 Å². The minimum absolute atomic E-state index is 0.0825. The number of H-pyrrole nitrogens is 1. The molecular formula is C25H23F2N3O2. The molecule has 1 aromatic heterocycles. The van der Waals surface area contributed by atoms with E-state index in [2.05, 4.69) is 15.6 Å². The van der Waals surface area contributed by atoms with Crippen molar-refractivity contribution in [3.05, 3.63) is 71.8 Å². The molecule has 2 aromatic carbocycles. The molecule has 2 fully saturated rings. The summed E-state index contributed by atoms with van der Waals surface area (Å²) >= 11 is 0. The molecule has 1 saturated carbocycles. The van der Waals surface area contributed by atoms with Crippen LogP contribution >= 0.6 is 0 Å². The fourth-order valence-electron chi connectivity index (χ4n) is 4.54. The summed E-state index contributed by atoms with van der Waals surface area (Å²) in [5.74, 6) is -0.796. The minimum atomic E-state index is -0.436. The predicted molar refractivity (Wildman–Crippen MR) is 117 cm³/mol. The number of carbonyl (C=O) groups is 2. The van der Waals surface area contributed by atoms with E-state index in [4.69, 9.17) is 0 Å². The number of nitrogens with one attached hydrogen (secondary N) is 3. The molecule has 1 aliphatic carbocycles. The van der Waals surface area contributed by atoms with Crippen molar-refractivity contribution in [2.75, 3.05) is 6.54 Å². The molecule has 1 aliphatic heterocycles. The zero-order chi connectivity index (χ0) is 22.2. The molecular weight excluding hydrogens is 412 g/mol. The zero-order valence-electron chi connectivity index (χ0n) is 17.3. The van der Waals surface area contributed by atoms with Crippen molar-refractivity contribution in [1.29, 1.82) is 0 Å². The second-order valence-corrected chi connectivity index (χ2v) is 8.53. The molecule has 0 unspecified atom stereocenters. The molecule has 0 bridgehead atoms. The first-order valence-electron chi connectivity index (χ1n) is 10.8. The molecule has 1 atom stereocenters. The maximum absolute atomic E-state index is 13.5. The molecule has 2 amide bonds. The Bertz CT molecular complexity index is 1150. The van der Waals surface area contributed by atoms with Crippen LogP contribution in [0.2, 0.25) is 0 Å². The van der Waals surface area contributed by atoms with Crippen LogP contribution in [0.25, 0.3) is 22.5 Å². The minimum Gasteiger partial charge on any atom is -0.354 e. The third-order valence-corrected chi connectivity index (χ3v) is 6.45. The topological polar surface area (TPSA) is 74.0 Å². The average Bonchev–Trinajstić information content (AvgIpc) is 3.35. The highest BCUT2D eigenvalue weighted by Crippen LogP contribution is 2.46. The number of halogens is 2. The molecule has 0 spiro atoms. The fourth-order valence-corrected chi connectivity index (χ4v) is 4.54. The van der Waals surface area contributed by atoms with Crippen molar-refractivity contribution in [1.82, 2.24) is 15.6 Å². The van der Waals surface area contributed by atoms with Crippen LogP contribution < -0.4 is 10.6 Å². The van der Waals surface area contributed by atoms with Crippen LogP contribution in [0.5, 0.6) is 0 Å². The lowest BCUT2D eigenvalue weighted by Gasteiger charge is -2.35. The third-order valence-electron chi connectivity index (χ3n) is 6.45. The van der Waals surface area contributed by atoms with Gasteiger partial charge < -0.3 is 15.6 Å². The molecule has 1 saturated heterocycles. The highest BCUT2D eigenvalue weighted by molar-refractivity contribution is 5.90. The Morgan fingerprint density at radius 1 is 0.938 bits per heavy atom. The quantitative estimate of drug-likeness (QED) is 0.564. The van der Waals surface area contributed by atoms with Gasteiger partial charge in [-0.15, -0.1) is 0 Å². The maximum atomic E-state index is 13.5. The van der Waals surface area contributed by atoms with Gasteiger partial charge in [-0.2, -0.15) is 0 Å². The zero-order valence-corrected chi connectivity index (χ0v) is 17.3. The van der Waals surface area contributed by atoms with Gasteiger partial charge in [0.25, 0.3) is 0 Å². The Morgan fingerprint density at radius 3 is 2.16 bits per heavy atom. The molecule has 3 aromatic rings. The van der Waals surface area contributed by atoms with E-state index >= 15 is 0 Å². The van der Waals surface area contributed by atoms with E-state index in [1.165, 1.54) is 24.3 Å². The molecule has 3 N–H and O–H groups in total. The van der Waals surface area contributed by atoms with Crippen LogP contribution in [-0.2, 0) is 9.59 Å². The van der Waals surface area contributed by atoms with Gasteiger partial charge in [0.2, 0.25) is 11.8 Å². The van der Waals surface area contributed by atoms with Gasteiger partial charge >= 0.3 is 0 Å². The van der Waals surface area contributed by atoms with Gasteiger partial charge in [-0.25, -0.2) is 8.78 Å². The van der Waals surface area contributed by atoms with Crippen LogP contribution in [0.3, 0.4) is 0 Å². The Balaban J connectivity index is 1.38. The van der Waals surface area contributed by atoms with Gasteiger partial charge in [0.1, 0.15) is 17.7 Å². The van der Waals surface area contributed by atoms with Gasteiger partial charge in [0.05, 0.1) is 0 Å². The summed E-state index contributed by atoms with van der Waals surface area (Å²) in [4.78, 5) is 27.7. The molecule has 32 heavy (non-hydrogen) atoms. The normalized spacial score (nSPS) is 22.3. The highest BCUT2D eigenvalue weighted by atomic mass is 19.1. The summed E-state index contributed by atoms with van der Waals surface area (Å²) in [6, 6.07) is 14.1. The standard InChI is InChI=1S/C25H23F2N3O2/c26-18-5-1-14(2-6-18)22-13-20(23(29-22)15-3-7-19(27)8-4-15)16-11-17(12-16)24(31)30-21-9-10-28-25(21)32/h1-8,13,16-17,21,29H,9-12H2,(H,28,32)(H,30,31)/t16?,17?,21-/m1/s1. The summed E-state index contributed by atoms with van der Waals surface area (Å²) in [7, 11) is 0. The number of hydrogen-bond acceptors (Lipinski definition) is 2. The summed E-state index contributed by atoms with van der Waals surface area (Å²) < 4.78 is 26.8. The molecule has 5 rings (SSSR count). The van der Waals surface area contributed by atoms with Gasteiger partial charge in [0, 0.05) is 23.9 Å². The van der Waals surface area contributed by atoms with E-state index in [0.717, 1.165) is 28.1 Å². The van der Waals surface area contributed by atoms with Gasteiger partial charge in [-0.3, -0.25) is 9.59 Å². The largest absolute Gasteiger partial charge is 0.354 e. The number of rotatable bonds is 5. The summed E-state index contributed by atoms with van der Waals surface area (Å²) in [5.41, 5.74) is 4.48. The Hall–Kier alpha value is -3.48. The average molecular weight is 435 g/mol. The number of amides is 2. The Kier molecular flexibility index (Phi) is 5.25. The number of benzene rings is 2. The molecule has 0 radical (unpaired) electrons. The number of aromatic amines is 1. The van der Waals surface area contributed by atoms with Crippen LogP contribution in [0.15, 0.2) is 54.6 Å². The number of carbonyl (C=O) groups excluding carboxylic acids is 2. The molecule has 5 nitrogen and oxygen atoms in total. The lowest BCUT2D eigenvalue weighted by atomic mass is 9.70. The van der Waals surface area contributed by atoms with Crippen molar-refractivity contribution < 1.29 is 18.4 Å². The molecule has 164 valence electrons. The lowest BCUT2D eigenvalue weighted by molar-refractivity contribution is -0.132. The van der Waals surface area contributed by atoms with Crippen molar-refractivity contribution >= 4 is 11.8 Å². The van der Waals surface area contributed by atoms with E-state index in [-0.39, 0.29) is 35.3 Å². The van der Waals surface area contributed by atoms with E-state index < -0.39 is 6.04 Å². The Morgan fingerprint density at radius 2 is 1.56 bits per heavy atom. The monoisotopic (exact) mass is 435 g/mol. The van der Waals surface area contributed by atoms with Crippen molar-refractivity contribution in [3.63, 3.8) is 0 Å². The van der Waals surface area contributed by atoms with E-state index in [0.29, 0.717) is 25.8 Å². The van der Waals surface area contributed by atoms with Crippen LogP contribution in [0, 0.1) is 17.6 Å². The van der Waals surface area contributed by atoms with Gasteiger partial charge in [-0.1, -0.05) is 0 Å². The first-order chi connectivity index (χ1) is 15.5. The van der Waals surface area contributed by atoms with Crippen molar-refractivity contribution in [3.8, 4) is 22.5 Å². The smallest absolute Gasteiger partial charge is 0.242 e. The Labute approximate surface area is 184 Å². The van der Waals surface area contributed by atoms with Gasteiger partial charge in [-0.05, 0) is 96.5 Å². The molecule has 2 heterocycles. The second-order valence-electron chi connectivity index (χ2n) is 8.53. The first kappa shape index (κ1) is 20.4. The summed E-state index contributed by atoms with van der Waals surface area (Å²) in [5, 5.41) is 5.58. The fraction of sp³-hybridized carbons (Fsp3) is 0.280. The maximum Gasteiger partial charge on any atom is 0.242 e. The summed E-state index contributed by atoms with van der Waals surface area (Å²) in [6.45, 7) is 0.591. The third kappa shape index (κ3) is 3.90. The predicted octanol–water partition coefficient (Wildman–Crippen LogP) is 4.13. The molecule has 2 aliphatic rings. The highest BCUT2D eigenvalue weighted by Gasteiger charge is 2.39. The van der Waals surface area contributed by atoms with Gasteiger partial charge in [0.15, 0.2) is 0 Å². The van der Waals surface area contributed by atoms with Crippen LogP contribution in [-0.4, -0.2) is 29.4 Å². The van der Waals surface area contributed by atoms with Crippen molar-refractivity contribution in [2.24, 2.45) is 5.92 Å².